The van der Waals surface area contributed by atoms with Gasteiger partial charge in [0.1, 0.15) is 0 Å². The fourth-order valence-electron chi connectivity index (χ4n) is 0. The minimum atomic E-state index is -2.92. The molecule has 3 nitrogen and oxygen atoms in total. The van der Waals surface area contributed by atoms with E-state index in [2.05, 4.69) is 0 Å². The zero-order chi connectivity index (χ0) is 3.58. The molecule has 0 aliphatic carbocycles. The van der Waals surface area contributed by atoms with Crippen LogP contribution in [-0.4, -0.2) is 34.6 Å². The van der Waals surface area contributed by atoms with E-state index in [9.17, 15) is 0 Å². The van der Waals surface area contributed by atoms with Crippen molar-refractivity contribution < 1.29 is 15.1 Å². The van der Waals surface area contributed by atoms with E-state index in [1.807, 2.05) is 0 Å². The zero-order valence-corrected chi connectivity index (χ0v) is 6.19. The van der Waals surface area contributed by atoms with E-state index in [0.29, 0.717) is 0 Å². The van der Waals surface area contributed by atoms with Gasteiger partial charge in [-0.2, -0.15) is 0 Å². The van der Waals surface area contributed by atoms with Crippen LogP contribution in [0, 0.1) is 0 Å². The summed E-state index contributed by atoms with van der Waals surface area (Å²) in [4.78, 5) is 0. The van der Waals surface area contributed by atoms with Crippen molar-refractivity contribution in [3.63, 3.8) is 0 Å². The molecule has 28 valence electrons. The van der Waals surface area contributed by atoms with Crippen LogP contribution in [0.4, 0.5) is 0 Å². The van der Waals surface area contributed by atoms with E-state index >= 15 is 0 Å². The first-order valence-electron chi connectivity index (χ1n) is 0.707. The van der Waals surface area contributed by atoms with Crippen LogP contribution in [0.3, 0.4) is 0 Å². The van der Waals surface area contributed by atoms with Gasteiger partial charge in [-0.3, -0.25) is 7.32 Å². The Kier molecular flexibility index (Phi) is 9.05. The van der Waals surface area contributed by atoms with Crippen molar-refractivity contribution in [3.05, 3.63) is 0 Å². The molecule has 0 amide bonds. The summed E-state index contributed by atoms with van der Waals surface area (Å²) in [5, 5.41) is 25.2. The molecule has 0 aliphatic heterocycles. The summed E-state index contributed by atoms with van der Waals surface area (Å²) < 4.78 is 0. The van der Waals surface area contributed by atoms with E-state index in [1.54, 1.807) is 0 Å². The van der Waals surface area contributed by atoms with Gasteiger partial charge in [-0.1, -0.05) is 0 Å². The maximum Gasteiger partial charge on any atom is 0 e. The minimum absolute atomic E-state index is 0. The molecule has 5 heteroatoms. The van der Waals surface area contributed by atoms with Gasteiger partial charge in [0, 0.05) is 27.3 Å². The van der Waals surface area contributed by atoms with Crippen molar-refractivity contribution in [2.75, 3.05) is 0 Å². The smallest absolute Gasteiger partial charge is 0 e. The van der Waals surface area contributed by atoms with Gasteiger partial charge in [0.25, 0.3) is 0 Å². The Morgan fingerprint density at radius 2 is 1.00 bits per heavy atom. The molecule has 0 bridgehead atoms. The first-order valence-corrected chi connectivity index (χ1v) is 0.707. The average Bonchev–Trinajstić information content (AvgIpc) is 0.811. The van der Waals surface area contributed by atoms with Gasteiger partial charge >= 0.3 is 0 Å². The van der Waals surface area contributed by atoms with Crippen LogP contribution < -0.4 is 15.1 Å². The molecule has 0 aromatic carbocycles. The van der Waals surface area contributed by atoms with Crippen molar-refractivity contribution in [1.82, 2.24) is 0 Å². The van der Waals surface area contributed by atoms with Gasteiger partial charge in [0.2, 0.25) is 0 Å². The van der Waals surface area contributed by atoms with Crippen molar-refractivity contribution in [1.29, 1.82) is 0 Å². The molecular formula is BO3Pb-3. The van der Waals surface area contributed by atoms with E-state index in [1.165, 1.54) is 0 Å². The average molecular weight is 266 g/mol. The van der Waals surface area contributed by atoms with Crippen LogP contribution in [0.1, 0.15) is 0 Å². The maximum atomic E-state index is 8.42. The number of hydrogen-bond donors (Lipinski definition) is 0. The van der Waals surface area contributed by atoms with Crippen molar-refractivity contribution in [2.24, 2.45) is 0 Å². The molecule has 0 aromatic rings. The molecule has 4 radical (unpaired) electrons. The van der Waals surface area contributed by atoms with Gasteiger partial charge in [0.15, 0.2) is 0 Å². The largest absolute Gasteiger partial charge is 0.907 e. The Hall–Kier alpha value is 0.867. The zero-order valence-electron chi connectivity index (χ0n) is 2.30. The first kappa shape index (κ1) is 9.29. The van der Waals surface area contributed by atoms with Gasteiger partial charge in [-0.15, -0.1) is 0 Å². The topological polar surface area (TPSA) is 69.2 Å². The number of hydrogen-bond acceptors (Lipinski definition) is 3. The third-order valence-corrected chi connectivity index (χ3v) is 0. The molecule has 0 saturated heterocycles. The Bertz CT molecular complexity index is 11.6. The SMILES string of the molecule is [O-]B([O-])[O-].[Pb]. The third-order valence-electron chi connectivity index (χ3n) is 0. The summed E-state index contributed by atoms with van der Waals surface area (Å²) in [5.74, 6) is 0. The molecule has 0 unspecified atom stereocenters. The van der Waals surface area contributed by atoms with Crippen LogP contribution >= 0.6 is 0 Å². The van der Waals surface area contributed by atoms with Crippen LogP contribution in [0.2, 0.25) is 0 Å². The maximum absolute atomic E-state index is 8.42. The van der Waals surface area contributed by atoms with Gasteiger partial charge in [-0.25, -0.2) is 0 Å². The molecular weight excluding hydrogens is 266 g/mol. The summed E-state index contributed by atoms with van der Waals surface area (Å²) in [6.45, 7) is 0. The summed E-state index contributed by atoms with van der Waals surface area (Å²) >= 11 is 0. The minimum Gasteiger partial charge on any atom is -0.907 e. The van der Waals surface area contributed by atoms with Crippen LogP contribution in [-0.2, 0) is 0 Å². The van der Waals surface area contributed by atoms with Gasteiger partial charge in [-0.05, 0) is 0 Å². The second-order valence-electron chi connectivity index (χ2n) is 0.289. The Balaban J connectivity index is 0. The van der Waals surface area contributed by atoms with E-state index in [4.69, 9.17) is 15.1 Å². The molecule has 0 aliphatic rings. The predicted molar refractivity (Wildman–Crippen MR) is 11.5 cm³/mol. The molecule has 0 spiro atoms. The quantitative estimate of drug-likeness (QED) is 0.416. The normalized spacial score (nSPS) is 5.40. The molecule has 0 atom stereocenters. The second-order valence-corrected chi connectivity index (χ2v) is 0.289. The Labute approximate surface area is 50.0 Å². The van der Waals surface area contributed by atoms with E-state index in [0.717, 1.165) is 0 Å². The summed E-state index contributed by atoms with van der Waals surface area (Å²) in [6.07, 6.45) is 0. The fraction of sp³-hybridized carbons (Fsp3) is 0. The number of rotatable bonds is 0. The molecule has 5 heavy (non-hydrogen) atoms. The van der Waals surface area contributed by atoms with Crippen molar-refractivity contribution in [3.8, 4) is 0 Å². The van der Waals surface area contributed by atoms with Gasteiger partial charge < -0.3 is 15.1 Å². The Morgan fingerprint density at radius 1 is 1.00 bits per heavy atom. The standard InChI is InChI=1S/BO3.Pb/c2-1(3)4;/q-3;. The Morgan fingerprint density at radius 3 is 1.00 bits per heavy atom. The van der Waals surface area contributed by atoms with E-state index in [-0.39, 0.29) is 27.3 Å². The monoisotopic (exact) mass is 267 g/mol. The third kappa shape index (κ3) is 53.2. The molecule has 0 saturated carbocycles. The summed E-state index contributed by atoms with van der Waals surface area (Å²) in [7, 11) is -2.92. The predicted octanol–water partition coefficient (Wildman–Crippen LogP) is -4.33. The summed E-state index contributed by atoms with van der Waals surface area (Å²) in [5.41, 5.74) is 0. The van der Waals surface area contributed by atoms with Crippen LogP contribution in [0.15, 0.2) is 0 Å². The van der Waals surface area contributed by atoms with Crippen molar-refractivity contribution >= 4 is 34.6 Å². The first-order chi connectivity index (χ1) is 1.73. The molecule has 0 N–H and O–H groups in total. The molecule has 0 aromatic heterocycles. The fourth-order valence-corrected chi connectivity index (χ4v) is 0. The van der Waals surface area contributed by atoms with Crippen LogP contribution in [0.25, 0.3) is 0 Å². The van der Waals surface area contributed by atoms with Crippen LogP contribution in [0.5, 0.6) is 0 Å². The van der Waals surface area contributed by atoms with E-state index < -0.39 is 7.32 Å². The van der Waals surface area contributed by atoms with Gasteiger partial charge in [0.05, 0.1) is 0 Å². The second kappa shape index (κ2) is 4.87. The molecule has 0 heterocycles. The molecule has 0 fully saturated rings. The molecule has 0 rings (SSSR count). The summed E-state index contributed by atoms with van der Waals surface area (Å²) in [6, 6.07) is 0. The van der Waals surface area contributed by atoms with Crippen molar-refractivity contribution in [2.45, 2.75) is 0 Å².